The Kier molecular flexibility index (Phi) is 13.1. The molecule has 1 unspecified atom stereocenters. The number of nitrogens with one attached hydrogen (secondary N) is 2. The summed E-state index contributed by atoms with van der Waals surface area (Å²) in [6.07, 6.45) is 16.5. The van der Waals surface area contributed by atoms with E-state index < -0.39 is 12.0 Å². The van der Waals surface area contributed by atoms with Crippen molar-refractivity contribution in [3.05, 3.63) is 119 Å². The van der Waals surface area contributed by atoms with Crippen LogP contribution in [0.2, 0.25) is 0 Å². The van der Waals surface area contributed by atoms with Crippen molar-refractivity contribution in [3.63, 3.8) is 0 Å². The van der Waals surface area contributed by atoms with Crippen molar-refractivity contribution >= 4 is 36.1 Å². The summed E-state index contributed by atoms with van der Waals surface area (Å²) < 4.78 is 35.3. The van der Waals surface area contributed by atoms with Crippen LogP contribution >= 0.6 is 11.9 Å². The van der Waals surface area contributed by atoms with Gasteiger partial charge in [0.25, 0.3) is 0 Å². The first-order valence-electron chi connectivity index (χ1n) is 12.9. The lowest BCUT2D eigenvalue weighted by molar-refractivity contribution is 0.103. The van der Waals surface area contributed by atoms with E-state index in [1.807, 2.05) is 70.5 Å². The van der Waals surface area contributed by atoms with Gasteiger partial charge in [0.2, 0.25) is 5.78 Å². The first-order valence-corrected chi connectivity index (χ1v) is 14.2. The summed E-state index contributed by atoms with van der Waals surface area (Å²) >= 11 is 1.47. The standard InChI is InChI=1S/C32H38F2N4O2S/c1-9-10-26-19-30(37-29(26)13-15-36-41-8)32(39)27-14-16-38(35-20-27)31(21(2)3)22(4)17-24(6)40-25(7)18-28(34)12-11-23(5)33/h9-15,17-20,23,36-37H,6-7,16H2,1-5,8H3/b10-9+,12-11-,15-13+,22-17-,28-18+. The van der Waals surface area contributed by atoms with Crippen molar-refractivity contribution in [1.82, 2.24) is 14.7 Å². The average Bonchev–Trinajstić information content (AvgIpc) is 3.30. The molecule has 0 radical (unpaired) electrons. The molecule has 0 amide bonds. The van der Waals surface area contributed by atoms with E-state index in [2.05, 4.69) is 28.0 Å². The Labute approximate surface area is 246 Å². The monoisotopic (exact) mass is 580 g/mol. The van der Waals surface area contributed by atoms with Crippen LogP contribution < -0.4 is 4.72 Å². The lowest BCUT2D eigenvalue weighted by Gasteiger charge is -2.26. The van der Waals surface area contributed by atoms with E-state index in [-0.39, 0.29) is 17.3 Å². The van der Waals surface area contributed by atoms with Gasteiger partial charge in [0.1, 0.15) is 23.5 Å². The minimum Gasteiger partial charge on any atom is -0.459 e. The van der Waals surface area contributed by atoms with Crippen LogP contribution in [0.4, 0.5) is 8.78 Å². The molecule has 41 heavy (non-hydrogen) atoms. The third kappa shape index (κ3) is 10.4. The van der Waals surface area contributed by atoms with Crippen LogP contribution in [0.25, 0.3) is 12.2 Å². The molecule has 0 saturated carbocycles. The highest BCUT2D eigenvalue weighted by Crippen LogP contribution is 2.25. The van der Waals surface area contributed by atoms with Gasteiger partial charge >= 0.3 is 0 Å². The minimum atomic E-state index is -1.26. The van der Waals surface area contributed by atoms with Crippen molar-refractivity contribution in [1.29, 1.82) is 0 Å². The Morgan fingerprint density at radius 2 is 1.95 bits per heavy atom. The maximum Gasteiger partial charge on any atom is 0.210 e. The number of hydrogen-bond acceptors (Lipinski definition) is 6. The van der Waals surface area contributed by atoms with Crippen molar-refractivity contribution in [2.75, 3.05) is 12.8 Å². The third-order valence-electron chi connectivity index (χ3n) is 5.55. The first-order chi connectivity index (χ1) is 19.5. The number of rotatable bonds is 14. The van der Waals surface area contributed by atoms with Crippen molar-refractivity contribution in [2.45, 2.75) is 40.8 Å². The molecule has 1 aliphatic heterocycles. The van der Waals surface area contributed by atoms with E-state index in [4.69, 9.17) is 4.74 Å². The normalized spacial score (nSPS) is 15.0. The van der Waals surface area contributed by atoms with Gasteiger partial charge in [-0.25, -0.2) is 8.78 Å². The number of aromatic nitrogens is 1. The summed E-state index contributed by atoms with van der Waals surface area (Å²) in [4.78, 5) is 16.5. The van der Waals surface area contributed by atoms with Crippen LogP contribution in [0.1, 0.15) is 56.4 Å². The highest BCUT2D eigenvalue weighted by atomic mass is 32.2. The molecule has 0 bridgehead atoms. The summed E-state index contributed by atoms with van der Waals surface area (Å²) in [5, 5.41) is 6.33. The number of nitrogens with zero attached hydrogens (tertiary/aromatic N) is 2. The Morgan fingerprint density at radius 3 is 2.54 bits per heavy atom. The highest BCUT2D eigenvalue weighted by Gasteiger charge is 2.20. The number of ketones is 1. The smallest absolute Gasteiger partial charge is 0.210 e. The number of carbonyl (C=O) groups excluding carboxylic acids is 1. The van der Waals surface area contributed by atoms with Gasteiger partial charge in [-0.15, -0.1) is 0 Å². The second kappa shape index (κ2) is 16.2. The molecule has 9 heteroatoms. The van der Waals surface area contributed by atoms with Crippen LogP contribution in [0.15, 0.2) is 107 Å². The zero-order chi connectivity index (χ0) is 30.5. The number of hydrazone groups is 1. The van der Waals surface area contributed by atoms with E-state index in [9.17, 15) is 13.6 Å². The molecule has 0 saturated heterocycles. The summed E-state index contributed by atoms with van der Waals surface area (Å²) in [6, 6.07) is 1.83. The number of allylic oxidation sites excluding steroid dienone is 9. The molecular formula is C32H38F2N4O2S. The third-order valence-corrected chi connectivity index (χ3v) is 5.93. The topological polar surface area (TPSA) is 69.7 Å². The molecule has 1 aromatic rings. The fraction of sp³-hybridized carbons (Fsp3) is 0.250. The summed E-state index contributed by atoms with van der Waals surface area (Å²) in [5.74, 6) is -0.573. The van der Waals surface area contributed by atoms with Gasteiger partial charge < -0.3 is 14.4 Å². The summed E-state index contributed by atoms with van der Waals surface area (Å²) in [6.45, 7) is 16.9. The van der Waals surface area contributed by atoms with Gasteiger partial charge in [-0.3, -0.25) is 9.80 Å². The average molecular weight is 581 g/mol. The zero-order valence-electron chi connectivity index (χ0n) is 24.4. The molecule has 1 aliphatic rings. The fourth-order valence-electron chi connectivity index (χ4n) is 3.94. The highest BCUT2D eigenvalue weighted by molar-refractivity contribution is 7.96. The number of carbonyl (C=O) groups is 1. The number of ether oxygens (including phenoxy) is 1. The second-order valence-corrected chi connectivity index (χ2v) is 9.94. The Balaban J connectivity index is 2.15. The summed E-state index contributed by atoms with van der Waals surface area (Å²) in [5.41, 5.74) is 5.30. The molecule has 0 aromatic carbocycles. The molecule has 2 N–H and O–H groups in total. The van der Waals surface area contributed by atoms with Gasteiger partial charge in [-0.05, 0) is 76.1 Å². The van der Waals surface area contributed by atoms with Gasteiger partial charge in [0.15, 0.2) is 0 Å². The fourth-order valence-corrected chi connectivity index (χ4v) is 4.15. The van der Waals surface area contributed by atoms with Crippen molar-refractivity contribution < 1.29 is 18.3 Å². The molecule has 2 rings (SSSR count). The second-order valence-electron chi connectivity index (χ2n) is 9.30. The van der Waals surface area contributed by atoms with Crippen LogP contribution in [-0.4, -0.2) is 41.0 Å². The van der Waals surface area contributed by atoms with Crippen LogP contribution in [0.3, 0.4) is 0 Å². The molecular weight excluding hydrogens is 542 g/mol. The van der Waals surface area contributed by atoms with E-state index in [0.717, 1.165) is 46.3 Å². The van der Waals surface area contributed by atoms with E-state index in [1.165, 1.54) is 18.9 Å². The van der Waals surface area contributed by atoms with Crippen LogP contribution in [0.5, 0.6) is 0 Å². The van der Waals surface area contributed by atoms with E-state index in [0.29, 0.717) is 17.8 Å². The van der Waals surface area contributed by atoms with Crippen molar-refractivity contribution in [2.24, 2.45) is 5.10 Å². The number of halogens is 2. The minimum absolute atomic E-state index is 0.0228. The number of aromatic amines is 1. The first kappa shape index (κ1) is 33.1. The Hall–Kier alpha value is -4.11. The van der Waals surface area contributed by atoms with Gasteiger partial charge in [0.05, 0.1) is 24.2 Å². The Morgan fingerprint density at radius 1 is 1.24 bits per heavy atom. The molecule has 0 fully saturated rings. The lowest BCUT2D eigenvalue weighted by atomic mass is 10.1. The molecule has 2 heterocycles. The SMILES string of the molecule is C=C(/C=C(/C)C(=C(C)C)N1CC=C(C(=O)c2cc(/C=C/C)c(/C=C/NSC)[nH]2)C=N1)OC(=C)/C=C(F)\C=C/C(C)F. The number of hydrogen-bond donors (Lipinski definition) is 2. The van der Waals surface area contributed by atoms with Crippen LogP contribution in [0, 0.1) is 0 Å². The predicted octanol–water partition coefficient (Wildman–Crippen LogP) is 8.35. The van der Waals surface area contributed by atoms with Gasteiger partial charge in [0, 0.05) is 29.8 Å². The number of Topliss-reactive ketones (excluding diaryl/α,β-unsaturated/α-hetero) is 1. The maximum atomic E-state index is 13.9. The van der Waals surface area contributed by atoms with Crippen molar-refractivity contribution in [3.8, 4) is 0 Å². The van der Waals surface area contributed by atoms with E-state index >= 15 is 0 Å². The molecule has 1 aromatic heterocycles. The molecule has 0 aliphatic carbocycles. The number of alkyl halides is 1. The lowest BCUT2D eigenvalue weighted by Crippen LogP contribution is -2.24. The molecule has 1 atom stereocenters. The van der Waals surface area contributed by atoms with E-state index in [1.54, 1.807) is 17.3 Å². The molecule has 0 spiro atoms. The number of H-pyrrole nitrogens is 1. The summed E-state index contributed by atoms with van der Waals surface area (Å²) in [7, 11) is 0. The Bertz CT molecular complexity index is 1380. The molecule has 6 nitrogen and oxygen atoms in total. The predicted molar refractivity (Wildman–Crippen MR) is 169 cm³/mol. The van der Waals surface area contributed by atoms with Gasteiger partial charge in [-0.1, -0.05) is 48.9 Å². The largest absolute Gasteiger partial charge is 0.459 e. The zero-order valence-corrected chi connectivity index (χ0v) is 25.2. The van der Waals surface area contributed by atoms with Gasteiger partial charge in [-0.2, -0.15) is 5.10 Å². The molecule has 218 valence electrons. The maximum absolute atomic E-state index is 13.9. The van der Waals surface area contributed by atoms with Crippen LogP contribution in [-0.2, 0) is 4.74 Å². The quantitative estimate of drug-likeness (QED) is 0.100.